The number of alkyl halides is 3. The van der Waals surface area contributed by atoms with Gasteiger partial charge in [0.15, 0.2) is 0 Å². The number of fused-ring (bicyclic) bond motifs is 1. The molecule has 2 aromatic heterocycles. The monoisotopic (exact) mass is 502 g/mol. The van der Waals surface area contributed by atoms with E-state index < -0.39 is 17.7 Å². The molecule has 0 saturated carbocycles. The number of rotatable bonds is 6. The topological polar surface area (TPSA) is 107 Å². The van der Waals surface area contributed by atoms with Gasteiger partial charge < -0.3 is 20.9 Å². The third kappa shape index (κ3) is 4.99. The highest BCUT2D eigenvalue weighted by Gasteiger charge is 2.36. The Kier molecular flexibility index (Phi) is 6.78. The maximum atomic E-state index is 13.3. The number of nitrogens with one attached hydrogen (secondary N) is 3. The summed E-state index contributed by atoms with van der Waals surface area (Å²) in [5.74, 6) is 0.900. The molecule has 9 nitrogen and oxygen atoms in total. The van der Waals surface area contributed by atoms with Crippen molar-refractivity contribution in [2.24, 2.45) is 10.9 Å². The lowest BCUT2D eigenvalue weighted by molar-refractivity contribution is -0.138. The Balaban J connectivity index is 1.25. The molecule has 3 aliphatic heterocycles. The predicted octanol–water partition coefficient (Wildman–Crippen LogP) is 3.18. The second-order valence-electron chi connectivity index (χ2n) is 9.51. The van der Waals surface area contributed by atoms with Gasteiger partial charge in [-0.05, 0) is 50.9 Å². The van der Waals surface area contributed by atoms with Crippen LogP contribution >= 0.6 is 0 Å². The van der Waals surface area contributed by atoms with Gasteiger partial charge in [0.2, 0.25) is 11.9 Å². The lowest BCUT2D eigenvalue weighted by Crippen LogP contribution is -2.47. The highest BCUT2D eigenvalue weighted by Crippen LogP contribution is 2.40. The van der Waals surface area contributed by atoms with Crippen LogP contribution < -0.4 is 16.0 Å². The van der Waals surface area contributed by atoms with Gasteiger partial charge in [0.25, 0.3) is 0 Å². The van der Waals surface area contributed by atoms with E-state index >= 15 is 0 Å². The normalized spacial score (nSPS) is 22.2. The molecule has 3 N–H and O–H groups in total. The number of carbonyl (C=O) groups is 1. The Morgan fingerprint density at radius 2 is 2.03 bits per heavy atom. The van der Waals surface area contributed by atoms with Crippen LogP contribution in [0.5, 0.6) is 0 Å². The van der Waals surface area contributed by atoms with E-state index in [2.05, 4.69) is 42.6 Å². The van der Waals surface area contributed by atoms with Crippen molar-refractivity contribution in [3.63, 3.8) is 0 Å². The van der Waals surface area contributed by atoms with Crippen LogP contribution in [0.1, 0.15) is 48.4 Å². The average molecular weight is 503 g/mol. The number of amides is 1. The maximum Gasteiger partial charge on any atom is 0.417 e. The van der Waals surface area contributed by atoms with Crippen molar-refractivity contribution in [3.8, 4) is 0 Å². The molecular formula is C24H29F3N8O. The summed E-state index contributed by atoms with van der Waals surface area (Å²) in [4.78, 5) is 31.5. The van der Waals surface area contributed by atoms with E-state index in [1.807, 2.05) is 4.90 Å². The van der Waals surface area contributed by atoms with E-state index in [0.29, 0.717) is 47.7 Å². The molecule has 36 heavy (non-hydrogen) atoms. The van der Waals surface area contributed by atoms with Gasteiger partial charge in [-0.15, -0.1) is 0 Å². The zero-order valence-corrected chi connectivity index (χ0v) is 19.8. The fourth-order valence-electron chi connectivity index (χ4n) is 5.16. The molecule has 2 aromatic rings. The predicted molar refractivity (Wildman–Crippen MR) is 130 cm³/mol. The number of halogens is 3. The Hall–Kier alpha value is -3.28. The molecule has 0 aliphatic carbocycles. The lowest BCUT2D eigenvalue weighted by atomic mass is 9.96. The van der Waals surface area contributed by atoms with Gasteiger partial charge in [0, 0.05) is 43.9 Å². The molecule has 1 unspecified atom stereocenters. The highest BCUT2D eigenvalue weighted by atomic mass is 19.4. The minimum atomic E-state index is -4.49. The summed E-state index contributed by atoms with van der Waals surface area (Å²) in [6.07, 6.45) is 1.60. The number of piperidine rings is 1. The molecule has 5 rings (SSSR count). The molecule has 1 amide bonds. The van der Waals surface area contributed by atoms with E-state index in [1.54, 1.807) is 0 Å². The van der Waals surface area contributed by atoms with Crippen LogP contribution in [-0.2, 0) is 11.0 Å². The van der Waals surface area contributed by atoms with Crippen LogP contribution in [-0.4, -0.2) is 71.2 Å². The summed E-state index contributed by atoms with van der Waals surface area (Å²) in [5.41, 5.74) is 0.543. The van der Waals surface area contributed by atoms with E-state index in [4.69, 9.17) is 0 Å². The van der Waals surface area contributed by atoms with E-state index in [9.17, 15) is 18.0 Å². The fourth-order valence-corrected chi connectivity index (χ4v) is 5.16. The number of hydrogen-bond acceptors (Lipinski definition) is 8. The van der Waals surface area contributed by atoms with E-state index in [1.165, 1.54) is 6.20 Å². The molecule has 2 saturated heterocycles. The van der Waals surface area contributed by atoms with Crippen molar-refractivity contribution in [2.75, 3.05) is 43.4 Å². The minimum absolute atomic E-state index is 0.0406. The SMILES string of the molecule is C=Nc1cnc(NCC2CCN(C(=O)[C@H]3CCCN3)CC2)nc1C1CNc2ncc(C(F)(F)F)cc21. The van der Waals surface area contributed by atoms with Crippen LogP contribution in [0.3, 0.4) is 0 Å². The van der Waals surface area contributed by atoms with Crippen LogP contribution in [0.4, 0.5) is 30.6 Å². The first-order chi connectivity index (χ1) is 17.3. The number of carbonyl (C=O) groups excluding carboxylic acids is 1. The molecular weight excluding hydrogens is 473 g/mol. The summed E-state index contributed by atoms with van der Waals surface area (Å²) in [6.45, 7) is 6.93. The molecule has 192 valence electrons. The third-order valence-electron chi connectivity index (χ3n) is 7.23. The first-order valence-corrected chi connectivity index (χ1v) is 12.2. The summed E-state index contributed by atoms with van der Waals surface area (Å²) in [6, 6.07) is 1.08. The molecule has 2 atom stereocenters. The van der Waals surface area contributed by atoms with E-state index in [0.717, 1.165) is 57.6 Å². The second kappa shape index (κ2) is 10.00. The van der Waals surface area contributed by atoms with Crippen molar-refractivity contribution < 1.29 is 18.0 Å². The van der Waals surface area contributed by atoms with Gasteiger partial charge in [0.05, 0.1) is 23.5 Å². The number of anilines is 2. The fraction of sp³-hybridized carbons (Fsp3) is 0.542. The Morgan fingerprint density at radius 3 is 2.72 bits per heavy atom. The number of likely N-dealkylation sites (tertiary alicyclic amines) is 1. The first-order valence-electron chi connectivity index (χ1n) is 12.2. The summed E-state index contributed by atoms with van der Waals surface area (Å²) in [5, 5.41) is 9.60. The minimum Gasteiger partial charge on any atom is -0.369 e. The van der Waals surface area contributed by atoms with Crippen molar-refractivity contribution >= 4 is 30.1 Å². The van der Waals surface area contributed by atoms with Gasteiger partial charge in [-0.3, -0.25) is 9.79 Å². The highest BCUT2D eigenvalue weighted by molar-refractivity contribution is 5.82. The summed E-state index contributed by atoms with van der Waals surface area (Å²) in [7, 11) is 0. The Bertz CT molecular complexity index is 1130. The first kappa shape index (κ1) is 24.4. The van der Waals surface area contributed by atoms with Crippen LogP contribution in [0.25, 0.3) is 0 Å². The Morgan fingerprint density at radius 1 is 1.22 bits per heavy atom. The lowest BCUT2D eigenvalue weighted by Gasteiger charge is -2.33. The van der Waals surface area contributed by atoms with Gasteiger partial charge in [-0.2, -0.15) is 13.2 Å². The number of aromatic nitrogens is 3. The molecule has 0 aromatic carbocycles. The number of aliphatic imine (C=N–C) groups is 1. The van der Waals surface area contributed by atoms with E-state index in [-0.39, 0.29) is 11.9 Å². The molecule has 0 radical (unpaired) electrons. The molecule has 0 spiro atoms. The van der Waals surface area contributed by atoms with Gasteiger partial charge in [0.1, 0.15) is 11.5 Å². The molecule has 2 fully saturated rings. The van der Waals surface area contributed by atoms with Crippen LogP contribution in [0, 0.1) is 5.92 Å². The zero-order chi connectivity index (χ0) is 25.3. The number of hydrogen-bond donors (Lipinski definition) is 3. The Labute approximate surface area is 207 Å². The second-order valence-corrected chi connectivity index (χ2v) is 9.51. The van der Waals surface area contributed by atoms with Gasteiger partial charge >= 0.3 is 6.18 Å². The average Bonchev–Trinajstić information content (AvgIpc) is 3.57. The molecule has 5 heterocycles. The van der Waals surface area contributed by atoms with Crippen molar-refractivity contribution in [1.29, 1.82) is 0 Å². The number of nitrogens with zero attached hydrogens (tertiary/aromatic N) is 5. The molecule has 0 bridgehead atoms. The molecule has 12 heteroatoms. The summed E-state index contributed by atoms with van der Waals surface area (Å²) >= 11 is 0. The zero-order valence-electron chi connectivity index (χ0n) is 19.8. The standard InChI is InChI=1S/C24H29F3N8O/c1-28-19-13-33-23(32-10-14-4-7-35(8-5-14)22(36)18-3-2-6-29-18)34-20(19)17-12-31-21-16(17)9-15(11-30-21)24(25,26)27/h9,11,13-14,17-18,29H,1-8,10,12H2,(H,30,31)(H,32,33,34)/t17?,18-/m1/s1. The number of pyridine rings is 1. The van der Waals surface area contributed by atoms with Crippen molar-refractivity contribution in [1.82, 2.24) is 25.2 Å². The van der Waals surface area contributed by atoms with Crippen LogP contribution in [0.2, 0.25) is 0 Å². The quantitative estimate of drug-likeness (QED) is 0.521. The largest absolute Gasteiger partial charge is 0.417 e. The molecule has 3 aliphatic rings. The smallest absolute Gasteiger partial charge is 0.369 e. The summed E-state index contributed by atoms with van der Waals surface area (Å²) < 4.78 is 39.8. The van der Waals surface area contributed by atoms with Gasteiger partial charge in [-0.25, -0.2) is 15.0 Å². The van der Waals surface area contributed by atoms with Crippen LogP contribution in [0.15, 0.2) is 23.5 Å². The van der Waals surface area contributed by atoms with Gasteiger partial charge in [-0.1, -0.05) is 0 Å². The van der Waals surface area contributed by atoms with Crippen molar-refractivity contribution in [3.05, 3.63) is 35.3 Å². The maximum absolute atomic E-state index is 13.3. The third-order valence-corrected chi connectivity index (χ3v) is 7.23. The van der Waals surface area contributed by atoms with Crippen molar-refractivity contribution in [2.45, 2.75) is 43.8 Å².